The van der Waals surface area contributed by atoms with Crippen molar-refractivity contribution in [3.05, 3.63) is 77.6 Å². The average Bonchev–Trinajstić information content (AvgIpc) is 3.66. The molecule has 0 radical (unpaired) electrons. The van der Waals surface area contributed by atoms with Gasteiger partial charge in [0, 0.05) is 24.2 Å². The molecule has 3 aromatic carbocycles. The molecule has 10 heteroatoms. The van der Waals surface area contributed by atoms with E-state index < -0.39 is 23.8 Å². The summed E-state index contributed by atoms with van der Waals surface area (Å²) in [5, 5.41) is 10.6. The van der Waals surface area contributed by atoms with E-state index in [1.807, 2.05) is 29.2 Å². The van der Waals surface area contributed by atoms with Gasteiger partial charge in [-0.05, 0) is 73.4 Å². The Labute approximate surface area is 269 Å². The largest absolute Gasteiger partial charge is 0.493 e. The van der Waals surface area contributed by atoms with Crippen molar-refractivity contribution in [1.82, 2.24) is 4.90 Å². The van der Waals surface area contributed by atoms with Crippen LogP contribution < -0.4 is 23.8 Å². The summed E-state index contributed by atoms with van der Waals surface area (Å²) in [4.78, 5) is 31.1. The van der Waals surface area contributed by atoms with Gasteiger partial charge in [0.1, 0.15) is 12.4 Å². The molecule has 2 heterocycles. The van der Waals surface area contributed by atoms with Crippen LogP contribution in [0.3, 0.4) is 0 Å². The minimum absolute atomic E-state index is 0.0225. The zero-order valence-electron chi connectivity index (χ0n) is 26.9. The van der Waals surface area contributed by atoms with E-state index in [0.717, 1.165) is 31.2 Å². The number of hydrogen-bond donors (Lipinski definition) is 1. The van der Waals surface area contributed by atoms with Gasteiger partial charge in [0.2, 0.25) is 12.7 Å². The number of fused-ring (bicyclic) bond motifs is 1. The SMILES string of the molecule is CCCC(CCC)N(C(=O)CN1C[C@H](c2ccc3c(c2)OCO3)[C@@H](C(=O)O)[C@@H]1COc1ccccc1OC)c1ccc(F)c(C)c1. The molecule has 3 aromatic rings. The number of nitrogens with zero attached hydrogens (tertiary/aromatic N) is 2. The number of methoxy groups -OCH3 is 1. The van der Waals surface area contributed by atoms with Crippen LogP contribution in [-0.2, 0) is 9.59 Å². The van der Waals surface area contributed by atoms with Crippen LogP contribution in [0.4, 0.5) is 10.1 Å². The van der Waals surface area contributed by atoms with Gasteiger partial charge in [-0.1, -0.05) is 44.9 Å². The lowest BCUT2D eigenvalue weighted by atomic mass is 9.85. The summed E-state index contributed by atoms with van der Waals surface area (Å²) in [7, 11) is 1.55. The van der Waals surface area contributed by atoms with Gasteiger partial charge in [-0.3, -0.25) is 14.5 Å². The molecular weight excluding hydrogens is 591 g/mol. The van der Waals surface area contributed by atoms with Crippen molar-refractivity contribution in [3.8, 4) is 23.0 Å². The van der Waals surface area contributed by atoms with E-state index in [-0.39, 0.29) is 37.7 Å². The molecule has 2 aliphatic heterocycles. The summed E-state index contributed by atoms with van der Waals surface area (Å²) < 4.78 is 37.1. The molecule has 0 unspecified atom stereocenters. The molecule has 0 spiro atoms. The fourth-order valence-electron chi connectivity index (χ4n) is 6.75. The highest BCUT2D eigenvalue weighted by Crippen LogP contribution is 2.42. The van der Waals surface area contributed by atoms with Crippen LogP contribution in [0.1, 0.15) is 56.6 Å². The molecule has 2 aliphatic rings. The number of hydrogen-bond acceptors (Lipinski definition) is 7. The number of anilines is 1. The highest BCUT2D eigenvalue weighted by molar-refractivity contribution is 5.95. The number of aryl methyl sites for hydroxylation is 1. The molecule has 1 fully saturated rings. The van der Waals surface area contributed by atoms with Gasteiger partial charge in [-0.25, -0.2) is 4.39 Å². The van der Waals surface area contributed by atoms with Gasteiger partial charge in [0.05, 0.1) is 25.6 Å². The zero-order chi connectivity index (χ0) is 32.8. The maximum atomic E-state index is 14.4. The molecule has 246 valence electrons. The lowest BCUT2D eigenvalue weighted by Gasteiger charge is -2.35. The Balaban J connectivity index is 1.50. The molecule has 0 saturated carbocycles. The number of likely N-dealkylation sites (tertiary alicyclic amines) is 1. The quantitative estimate of drug-likeness (QED) is 0.217. The van der Waals surface area contributed by atoms with Crippen LogP contribution >= 0.6 is 0 Å². The normalized spacial score (nSPS) is 19.0. The van der Waals surface area contributed by atoms with Crippen LogP contribution in [0, 0.1) is 18.7 Å². The van der Waals surface area contributed by atoms with Crippen LogP contribution in [0.25, 0.3) is 0 Å². The standard InChI is InChI=1S/C36H43FN2O7/c1-5-9-25(10-6-2)39(26-14-15-28(37)23(3)17-26)34(40)20-38-19-27(24-13-16-32-33(18-24)46-22-45-32)35(36(41)42)29(38)21-44-31-12-8-7-11-30(31)43-4/h7-8,11-18,25,27,29,35H,5-6,9-10,19-22H2,1-4H3,(H,41,42)/t27-,29+,35-/m1/s1. The predicted octanol–water partition coefficient (Wildman–Crippen LogP) is 6.42. The van der Waals surface area contributed by atoms with E-state index in [1.165, 1.54) is 6.07 Å². The monoisotopic (exact) mass is 634 g/mol. The van der Waals surface area contributed by atoms with E-state index in [9.17, 15) is 19.1 Å². The molecule has 9 nitrogen and oxygen atoms in total. The maximum Gasteiger partial charge on any atom is 0.308 e. The van der Waals surface area contributed by atoms with Crippen molar-refractivity contribution >= 4 is 17.6 Å². The third-order valence-corrected chi connectivity index (χ3v) is 8.97. The molecule has 1 N–H and O–H groups in total. The number of carbonyl (C=O) groups excluding carboxylic acids is 1. The van der Waals surface area contributed by atoms with Gasteiger partial charge in [-0.2, -0.15) is 0 Å². The third-order valence-electron chi connectivity index (χ3n) is 8.97. The van der Waals surface area contributed by atoms with Crippen LogP contribution in [0.15, 0.2) is 60.7 Å². The van der Waals surface area contributed by atoms with E-state index in [4.69, 9.17) is 18.9 Å². The Morgan fingerprint density at radius 3 is 2.41 bits per heavy atom. The van der Waals surface area contributed by atoms with Crippen molar-refractivity contribution in [3.63, 3.8) is 0 Å². The Kier molecular flexibility index (Phi) is 10.7. The number of carboxylic acid groups (broad SMARTS) is 1. The molecular formula is C36H43FN2O7. The number of aliphatic carboxylic acids is 1. The van der Waals surface area contributed by atoms with Crippen LogP contribution in [0.5, 0.6) is 23.0 Å². The first kappa shape index (κ1) is 33.1. The number of carboxylic acids is 1. The first-order valence-corrected chi connectivity index (χ1v) is 16.0. The number of amides is 1. The second-order valence-electron chi connectivity index (χ2n) is 12.0. The number of para-hydroxylation sites is 2. The van der Waals surface area contributed by atoms with Crippen molar-refractivity contribution in [2.45, 2.75) is 64.5 Å². The van der Waals surface area contributed by atoms with Gasteiger partial charge < -0.3 is 29.0 Å². The zero-order valence-corrected chi connectivity index (χ0v) is 26.9. The highest BCUT2D eigenvalue weighted by Gasteiger charge is 2.48. The molecule has 1 saturated heterocycles. The maximum absolute atomic E-state index is 14.4. The Morgan fingerprint density at radius 1 is 1.02 bits per heavy atom. The third kappa shape index (κ3) is 7.07. The second-order valence-corrected chi connectivity index (χ2v) is 12.0. The summed E-state index contributed by atoms with van der Waals surface area (Å²) >= 11 is 0. The number of benzene rings is 3. The molecule has 0 aliphatic carbocycles. The Morgan fingerprint density at radius 2 is 1.74 bits per heavy atom. The van der Waals surface area contributed by atoms with Crippen molar-refractivity contribution in [2.24, 2.45) is 5.92 Å². The first-order chi connectivity index (χ1) is 22.2. The molecule has 5 rings (SSSR count). The fraction of sp³-hybridized carbons (Fsp3) is 0.444. The molecule has 0 aromatic heterocycles. The van der Waals surface area contributed by atoms with E-state index in [0.29, 0.717) is 40.8 Å². The molecule has 1 amide bonds. The smallest absolute Gasteiger partial charge is 0.308 e. The van der Waals surface area contributed by atoms with E-state index in [1.54, 1.807) is 49.3 Å². The summed E-state index contributed by atoms with van der Waals surface area (Å²) in [6, 6.07) is 16.7. The first-order valence-electron chi connectivity index (χ1n) is 16.0. The lowest BCUT2D eigenvalue weighted by Crippen LogP contribution is -2.49. The minimum atomic E-state index is -0.980. The highest BCUT2D eigenvalue weighted by atomic mass is 19.1. The summed E-state index contributed by atoms with van der Waals surface area (Å²) in [6.07, 6.45) is 3.32. The molecule has 0 bridgehead atoms. The molecule has 46 heavy (non-hydrogen) atoms. The lowest BCUT2D eigenvalue weighted by molar-refractivity contribution is -0.143. The topological polar surface area (TPSA) is 97.8 Å². The summed E-state index contributed by atoms with van der Waals surface area (Å²) in [5.74, 6) is -0.618. The second kappa shape index (κ2) is 14.9. The number of rotatable bonds is 14. The number of ether oxygens (including phenoxy) is 4. The van der Waals surface area contributed by atoms with Gasteiger partial charge >= 0.3 is 5.97 Å². The van der Waals surface area contributed by atoms with Gasteiger partial charge in [0.25, 0.3) is 0 Å². The van der Waals surface area contributed by atoms with E-state index in [2.05, 4.69) is 13.8 Å². The van der Waals surface area contributed by atoms with Crippen LogP contribution in [0.2, 0.25) is 0 Å². The molecule has 3 atom stereocenters. The van der Waals surface area contributed by atoms with Crippen molar-refractivity contribution in [1.29, 1.82) is 0 Å². The number of carbonyl (C=O) groups is 2. The summed E-state index contributed by atoms with van der Waals surface area (Å²) in [5.41, 5.74) is 1.88. The van der Waals surface area contributed by atoms with E-state index >= 15 is 0 Å². The minimum Gasteiger partial charge on any atom is -0.493 e. The fourth-order valence-corrected chi connectivity index (χ4v) is 6.75. The van der Waals surface area contributed by atoms with Crippen molar-refractivity contribution < 1.29 is 38.0 Å². The van der Waals surface area contributed by atoms with Crippen LogP contribution in [-0.4, -0.2) is 67.6 Å². The average molecular weight is 635 g/mol. The van der Waals surface area contributed by atoms with Gasteiger partial charge in [-0.15, -0.1) is 0 Å². The predicted molar refractivity (Wildman–Crippen MR) is 173 cm³/mol. The Bertz CT molecular complexity index is 1530. The Hall–Kier alpha value is -4.31. The number of halogens is 1. The summed E-state index contributed by atoms with van der Waals surface area (Å²) in [6.45, 7) is 6.26. The van der Waals surface area contributed by atoms with Crippen molar-refractivity contribution in [2.75, 3.05) is 38.5 Å². The van der Waals surface area contributed by atoms with Gasteiger partial charge in [0.15, 0.2) is 23.0 Å².